The monoisotopic (exact) mass is 284 g/mol. The Hall–Kier alpha value is -1.13. The van der Waals surface area contributed by atoms with Crippen LogP contribution < -0.4 is 11.1 Å². The molecule has 0 aliphatic carbocycles. The normalized spacial score (nSPS) is 13.7. The highest BCUT2D eigenvalue weighted by atomic mass is 35.5. The number of nitrogens with two attached hydrogens (primary N) is 1. The number of nitrogens with one attached hydrogen (secondary N) is 1. The SMILES string of the molecule is CCC(C)(C(=O)NCc1ccccc1Cl)C(N)=S. The van der Waals surface area contributed by atoms with Gasteiger partial charge in [0, 0.05) is 11.6 Å². The minimum absolute atomic E-state index is 0.169. The third-order valence-corrected chi connectivity index (χ3v) is 3.97. The first-order chi connectivity index (χ1) is 8.41. The fourth-order valence-electron chi connectivity index (χ4n) is 1.46. The highest BCUT2D eigenvalue weighted by Gasteiger charge is 2.34. The van der Waals surface area contributed by atoms with Crippen molar-refractivity contribution in [3.8, 4) is 0 Å². The second-order valence-electron chi connectivity index (χ2n) is 4.32. The standard InChI is InChI=1S/C13H17ClN2OS/c1-3-13(2,11(15)18)12(17)16-8-9-6-4-5-7-10(9)14/h4-7H,3,8H2,1-2H3,(H2,15,18)(H,16,17). The Balaban J connectivity index is 2.72. The molecule has 0 bridgehead atoms. The molecule has 0 saturated heterocycles. The van der Waals surface area contributed by atoms with Crippen molar-refractivity contribution in [2.75, 3.05) is 0 Å². The lowest BCUT2D eigenvalue weighted by atomic mass is 9.86. The van der Waals surface area contributed by atoms with Crippen LogP contribution in [0.3, 0.4) is 0 Å². The van der Waals surface area contributed by atoms with Crippen molar-refractivity contribution in [3.05, 3.63) is 34.9 Å². The van der Waals surface area contributed by atoms with Gasteiger partial charge < -0.3 is 11.1 Å². The number of carbonyl (C=O) groups excluding carboxylic acids is 1. The van der Waals surface area contributed by atoms with E-state index in [1.54, 1.807) is 13.0 Å². The van der Waals surface area contributed by atoms with Crippen molar-refractivity contribution >= 4 is 34.7 Å². The summed E-state index contributed by atoms with van der Waals surface area (Å²) < 4.78 is 0. The third-order valence-electron chi connectivity index (χ3n) is 3.15. The van der Waals surface area contributed by atoms with E-state index in [0.29, 0.717) is 18.0 Å². The molecule has 0 saturated carbocycles. The van der Waals surface area contributed by atoms with Crippen LogP contribution in [0.4, 0.5) is 0 Å². The van der Waals surface area contributed by atoms with E-state index < -0.39 is 5.41 Å². The second kappa shape index (κ2) is 6.16. The molecule has 1 aromatic carbocycles. The Bertz CT molecular complexity index is 464. The van der Waals surface area contributed by atoms with E-state index in [1.807, 2.05) is 25.1 Å². The number of carbonyl (C=O) groups is 1. The molecule has 1 atom stereocenters. The molecule has 0 aliphatic heterocycles. The quantitative estimate of drug-likeness (QED) is 0.818. The molecule has 18 heavy (non-hydrogen) atoms. The van der Waals surface area contributed by atoms with Crippen molar-refractivity contribution in [2.45, 2.75) is 26.8 Å². The van der Waals surface area contributed by atoms with E-state index >= 15 is 0 Å². The molecule has 0 aliphatic rings. The van der Waals surface area contributed by atoms with Gasteiger partial charge in [-0.3, -0.25) is 4.79 Å². The highest BCUT2D eigenvalue weighted by Crippen LogP contribution is 2.22. The average Bonchev–Trinajstić information content (AvgIpc) is 2.36. The number of hydrogen-bond donors (Lipinski definition) is 2. The lowest BCUT2D eigenvalue weighted by Crippen LogP contribution is -2.46. The van der Waals surface area contributed by atoms with Crippen molar-refractivity contribution in [2.24, 2.45) is 11.1 Å². The molecule has 3 nitrogen and oxygen atoms in total. The van der Waals surface area contributed by atoms with Gasteiger partial charge >= 0.3 is 0 Å². The number of thiocarbonyl (C=S) groups is 1. The summed E-state index contributed by atoms with van der Waals surface area (Å²) in [5.41, 5.74) is 5.69. The molecular weight excluding hydrogens is 268 g/mol. The van der Waals surface area contributed by atoms with Crippen molar-refractivity contribution in [1.29, 1.82) is 0 Å². The topological polar surface area (TPSA) is 55.1 Å². The summed E-state index contributed by atoms with van der Waals surface area (Å²) in [7, 11) is 0. The molecular formula is C13H17ClN2OS. The largest absolute Gasteiger partial charge is 0.392 e. The number of rotatable bonds is 5. The van der Waals surface area contributed by atoms with Crippen LogP contribution in [0.5, 0.6) is 0 Å². The number of hydrogen-bond acceptors (Lipinski definition) is 2. The molecule has 0 spiro atoms. The van der Waals surface area contributed by atoms with Crippen molar-refractivity contribution in [1.82, 2.24) is 5.32 Å². The van der Waals surface area contributed by atoms with Crippen molar-refractivity contribution < 1.29 is 4.79 Å². The smallest absolute Gasteiger partial charge is 0.233 e. The van der Waals surface area contributed by atoms with Gasteiger partial charge in [0.2, 0.25) is 5.91 Å². The number of amides is 1. The lowest BCUT2D eigenvalue weighted by molar-refractivity contribution is -0.127. The maximum Gasteiger partial charge on any atom is 0.233 e. The third kappa shape index (κ3) is 3.21. The molecule has 0 aromatic heterocycles. The maximum atomic E-state index is 12.1. The fraction of sp³-hybridized carbons (Fsp3) is 0.385. The molecule has 0 fully saturated rings. The zero-order valence-corrected chi connectivity index (χ0v) is 12.1. The highest BCUT2D eigenvalue weighted by molar-refractivity contribution is 7.80. The van der Waals surface area contributed by atoms with Gasteiger partial charge in [0.15, 0.2) is 0 Å². The minimum atomic E-state index is -0.809. The summed E-state index contributed by atoms with van der Waals surface area (Å²) in [6, 6.07) is 7.38. The van der Waals surface area contributed by atoms with Crippen LogP contribution in [0.25, 0.3) is 0 Å². The summed E-state index contributed by atoms with van der Waals surface area (Å²) in [4.78, 5) is 12.3. The predicted molar refractivity (Wildman–Crippen MR) is 78.5 cm³/mol. The van der Waals surface area contributed by atoms with Crippen LogP contribution >= 0.6 is 23.8 Å². The van der Waals surface area contributed by atoms with Crippen LogP contribution in [-0.4, -0.2) is 10.9 Å². The Kier molecular flexibility index (Phi) is 5.11. The van der Waals surface area contributed by atoms with Gasteiger partial charge in [0.05, 0.1) is 10.4 Å². The van der Waals surface area contributed by atoms with E-state index in [4.69, 9.17) is 29.6 Å². The van der Waals surface area contributed by atoms with Crippen LogP contribution in [0.15, 0.2) is 24.3 Å². The molecule has 0 heterocycles. The molecule has 5 heteroatoms. The summed E-state index contributed by atoms with van der Waals surface area (Å²) in [6.07, 6.45) is 0.566. The van der Waals surface area contributed by atoms with Gasteiger partial charge in [-0.2, -0.15) is 0 Å². The zero-order valence-electron chi connectivity index (χ0n) is 10.5. The molecule has 1 unspecified atom stereocenters. The summed E-state index contributed by atoms with van der Waals surface area (Å²) in [5, 5.41) is 3.45. The Morgan fingerprint density at radius 3 is 2.61 bits per heavy atom. The first kappa shape index (κ1) is 14.9. The van der Waals surface area contributed by atoms with Crippen LogP contribution in [0.2, 0.25) is 5.02 Å². The maximum absolute atomic E-state index is 12.1. The van der Waals surface area contributed by atoms with E-state index in [9.17, 15) is 4.79 Å². The van der Waals surface area contributed by atoms with Crippen LogP contribution in [-0.2, 0) is 11.3 Å². The Labute approximate surface area is 118 Å². The van der Waals surface area contributed by atoms with Gasteiger partial charge in [-0.05, 0) is 25.0 Å². The summed E-state index contributed by atoms with van der Waals surface area (Å²) in [6.45, 7) is 4.00. The lowest BCUT2D eigenvalue weighted by Gasteiger charge is -2.25. The predicted octanol–water partition coefficient (Wildman–Crippen LogP) is 2.66. The van der Waals surface area contributed by atoms with Crippen LogP contribution in [0, 0.1) is 5.41 Å². The van der Waals surface area contributed by atoms with E-state index in [-0.39, 0.29) is 10.9 Å². The van der Waals surface area contributed by atoms with Crippen molar-refractivity contribution in [3.63, 3.8) is 0 Å². The number of benzene rings is 1. The Morgan fingerprint density at radius 1 is 1.50 bits per heavy atom. The summed E-state index contributed by atoms with van der Waals surface area (Å²) >= 11 is 11.0. The Morgan fingerprint density at radius 2 is 2.11 bits per heavy atom. The minimum Gasteiger partial charge on any atom is -0.392 e. The van der Waals surface area contributed by atoms with Gasteiger partial charge in [-0.25, -0.2) is 0 Å². The van der Waals surface area contributed by atoms with E-state index in [2.05, 4.69) is 5.32 Å². The van der Waals surface area contributed by atoms with Gasteiger partial charge in [0.25, 0.3) is 0 Å². The molecule has 98 valence electrons. The molecule has 1 aromatic rings. The van der Waals surface area contributed by atoms with Gasteiger partial charge in [0.1, 0.15) is 0 Å². The van der Waals surface area contributed by atoms with Gasteiger partial charge in [-0.15, -0.1) is 0 Å². The first-order valence-electron chi connectivity index (χ1n) is 5.73. The number of halogens is 1. The molecule has 3 N–H and O–H groups in total. The fourth-order valence-corrected chi connectivity index (χ4v) is 1.90. The molecule has 1 amide bonds. The van der Waals surface area contributed by atoms with E-state index in [1.165, 1.54) is 0 Å². The van der Waals surface area contributed by atoms with Crippen LogP contribution in [0.1, 0.15) is 25.8 Å². The van der Waals surface area contributed by atoms with E-state index in [0.717, 1.165) is 5.56 Å². The molecule has 1 rings (SSSR count). The average molecular weight is 285 g/mol. The molecule has 0 radical (unpaired) electrons. The second-order valence-corrected chi connectivity index (χ2v) is 5.17. The zero-order chi connectivity index (χ0) is 13.8. The summed E-state index contributed by atoms with van der Waals surface area (Å²) in [5.74, 6) is -0.169. The first-order valence-corrected chi connectivity index (χ1v) is 6.52. The van der Waals surface area contributed by atoms with Gasteiger partial charge in [-0.1, -0.05) is 48.9 Å².